The van der Waals surface area contributed by atoms with Crippen molar-refractivity contribution in [1.29, 1.82) is 5.26 Å². The van der Waals surface area contributed by atoms with E-state index in [2.05, 4.69) is 25.5 Å². The minimum atomic E-state index is -4.62. The van der Waals surface area contributed by atoms with E-state index in [9.17, 15) is 26.9 Å². The number of fused-ring (bicyclic) bond motifs is 1. The van der Waals surface area contributed by atoms with Gasteiger partial charge in [-0.15, -0.1) is 0 Å². The van der Waals surface area contributed by atoms with E-state index < -0.39 is 27.3 Å². The van der Waals surface area contributed by atoms with Crippen molar-refractivity contribution in [2.24, 2.45) is 14.8 Å². The number of nitriles is 1. The lowest BCUT2D eigenvalue weighted by Gasteiger charge is -2.18. The summed E-state index contributed by atoms with van der Waals surface area (Å²) in [5.41, 5.74) is -0.959. The van der Waals surface area contributed by atoms with Gasteiger partial charge in [0.15, 0.2) is 5.84 Å². The molecule has 0 unspecified atom stereocenters. The molecule has 0 bridgehead atoms. The number of pyridine rings is 1. The van der Waals surface area contributed by atoms with Crippen LogP contribution in [0.15, 0.2) is 39.6 Å². The number of aromatic nitrogens is 3. The first-order valence-corrected chi connectivity index (χ1v) is 10.6. The number of aliphatic imine (C=N–C) groups is 1. The van der Waals surface area contributed by atoms with Gasteiger partial charge >= 0.3 is 6.18 Å². The molecular weight excluding hydrogens is 421 g/mol. The second-order valence-corrected chi connectivity index (χ2v) is 9.01. The molecule has 12 heteroatoms. The summed E-state index contributed by atoms with van der Waals surface area (Å²) in [6.45, 7) is 1.44. The van der Waals surface area contributed by atoms with Crippen molar-refractivity contribution in [3.05, 3.63) is 35.9 Å². The molecule has 3 heterocycles. The Morgan fingerprint density at radius 2 is 2.10 bits per heavy atom. The number of rotatable bonds is 3. The largest absolute Gasteiger partial charge is 0.433 e. The number of hydrogen-bond donors (Lipinski definition) is 0. The van der Waals surface area contributed by atoms with Crippen LogP contribution >= 0.6 is 0 Å². The van der Waals surface area contributed by atoms with Crippen LogP contribution in [-0.4, -0.2) is 40.5 Å². The second kappa shape index (κ2) is 6.73. The van der Waals surface area contributed by atoms with Crippen LogP contribution in [-0.2, 0) is 16.2 Å². The molecule has 8 nitrogen and oxygen atoms in total. The topological polar surface area (TPSA) is 113 Å². The highest BCUT2D eigenvalue weighted by molar-refractivity contribution is 7.90. The van der Waals surface area contributed by atoms with Gasteiger partial charge < -0.3 is 0 Å². The molecule has 0 aromatic carbocycles. The fourth-order valence-electron chi connectivity index (χ4n) is 3.12. The van der Waals surface area contributed by atoms with E-state index in [0.717, 1.165) is 12.3 Å². The zero-order valence-electron chi connectivity index (χ0n) is 15.7. The molecule has 1 aliphatic heterocycles. The average Bonchev–Trinajstić information content (AvgIpc) is 3.38. The Hall–Kier alpha value is -3.07. The molecular formula is C18H15F3N6O2S. The summed E-state index contributed by atoms with van der Waals surface area (Å²) in [5, 5.41) is 13.9. The van der Waals surface area contributed by atoms with Crippen molar-refractivity contribution < 1.29 is 21.6 Å². The third-order valence-corrected chi connectivity index (χ3v) is 6.28. The SMILES string of the molecule is CCS(=O)(=O)N=C1CC(C2(C#N)CC2)=CN=C1n1cc2cnc(C(F)(F)F)cc2n1. The van der Waals surface area contributed by atoms with Gasteiger partial charge in [0.2, 0.25) is 0 Å². The molecule has 0 amide bonds. The van der Waals surface area contributed by atoms with Crippen LogP contribution in [0.1, 0.15) is 31.9 Å². The van der Waals surface area contributed by atoms with Crippen LogP contribution < -0.4 is 0 Å². The Morgan fingerprint density at radius 3 is 2.70 bits per heavy atom. The summed E-state index contributed by atoms with van der Waals surface area (Å²) in [5.74, 6) is -0.152. The van der Waals surface area contributed by atoms with E-state index in [-0.39, 0.29) is 29.2 Å². The first-order chi connectivity index (χ1) is 14.1. The van der Waals surface area contributed by atoms with Gasteiger partial charge in [0.1, 0.15) is 11.4 Å². The highest BCUT2D eigenvalue weighted by Crippen LogP contribution is 2.53. The van der Waals surface area contributed by atoms with E-state index in [1.165, 1.54) is 24.0 Å². The molecule has 2 aromatic heterocycles. The van der Waals surface area contributed by atoms with E-state index in [0.29, 0.717) is 23.8 Å². The lowest BCUT2D eigenvalue weighted by molar-refractivity contribution is -0.141. The van der Waals surface area contributed by atoms with Crippen LogP contribution in [0.5, 0.6) is 0 Å². The predicted octanol–water partition coefficient (Wildman–Crippen LogP) is 3.08. The quantitative estimate of drug-likeness (QED) is 0.734. The number of nitrogens with zero attached hydrogens (tertiary/aromatic N) is 6. The molecule has 1 saturated carbocycles. The van der Waals surface area contributed by atoms with Crippen LogP contribution in [0.25, 0.3) is 10.9 Å². The lowest BCUT2D eigenvalue weighted by Crippen LogP contribution is -2.29. The molecule has 0 spiro atoms. The number of sulfonamides is 1. The molecule has 0 saturated heterocycles. The Bertz CT molecular complexity index is 1280. The smallest absolute Gasteiger partial charge is 0.251 e. The first-order valence-electron chi connectivity index (χ1n) is 9.00. The lowest BCUT2D eigenvalue weighted by atomic mass is 9.92. The van der Waals surface area contributed by atoms with Gasteiger partial charge in [-0.2, -0.15) is 27.9 Å². The minimum absolute atomic E-state index is 0.0307. The number of alkyl halides is 3. The highest BCUT2D eigenvalue weighted by atomic mass is 32.2. The van der Waals surface area contributed by atoms with Gasteiger partial charge in [-0.05, 0) is 31.4 Å². The van der Waals surface area contributed by atoms with E-state index >= 15 is 0 Å². The molecule has 2 aromatic rings. The van der Waals surface area contributed by atoms with Crippen molar-refractivity contribution in [1.82, 2.24) is 14.8 Å². The van der Waals surface area contributed by atoms with Crippen molar-refractivity contribution in [3.8, 4) is 6.07 Å². The van der Waals surface area contributed by atoms with Crippen LogP contribution in [0, 0.1) is 16.7 Å². The maximum absolute atomic E-state index is 12.9. The molecule has 1 aliphatic carbocycles. The summed E-state index contributed by atoms with van der Waals surface area (Å²) < 4.78 is 68.0. The average molecular weight is 436 g/mol. The third kappa shape index (κ3) is 3.60. The normalized spacial score (nSPS) is 20.0. The highest BCUT2D eigenvalue weighted by Gasteiger charge is 2.48. The maximum Gasteiger partial charge on any atom is 0.433 e. The monoisotopic (exact) mass is 436 g/mol. The van der Waals surface area contributed by atoms with Gasteiger partial charge in [0.25, 0.3) is 10.0 Å². The van der Waals surface area contributed by atoms with E-state index in [1.807, 2.05) is 0 Å². The molecule has 0 N–H and O–H groups in total. The molecule has 2 aliphatic rings. The zero-order valence-corrected chi connectivity index (χ0v) is 16.5. The Morgan fingerprint density at radius 1 is 1.37 bits per heavy atom. The van der Waals surface area contributed by atoms with Gasteiger partial charge in [0, 0.05) is 30.4 Å². The predicted molar refractivity (Wildman–Crippen MR) is 102 cm³/mol. The fourth-order valence-corrected chi connectivity index (χ4v) is 3.73. The number of allylic oxidation sites excluding steroid dienone is 1. The molecule has 0 radical (unpaired) electrons. The molecule has 1 fully saturated rings. The minimum Gasteiger partial charge on any atom is -0.251 e. The van der Waals surface area contributed by atoms with E-state index in [4.69, 9.17) is 0 Å². The standard InChI is InChI=1S/C18H15F3N6O2S/c1-2-30(28,29)26-14-5-12(17(10-22)3-4-17)8-24-16(14)27-9-11-7-23-15(18(19,20)21)6-13(11)25-27/h6-9H,2-5H2,1H3. The maximum atomic E-state index is 12.9. The van der Waals surface area contributed by atoms with Crippen molar-refractivity contribution in [2.45, 2.75) is 32.4 Å². The van der Waals surface area contributed by atoms with Crippen molar-refractivity contribution in [2.75, 3.05) is 5.75 Å². The number of halogens is 3. The number of hydrogen-bond acceptors (Lipinski definition) is 6. The van der Waals surface area contributed by atoms with Gasteiger partial charge in [-0.1, -0.05) is 0 Å². The zero-order chi connectivity index (χ0) is 21.7. The summed E-state index contributed by atoms with van der Waals surface area (Å²) in [4.78, 5) is 7.67. The second-order valence-electron chi connectivity index (χ2n) is 7.09. The van der Waals surface area contributed by atoms with Crippen LogP contribution in [0.4, 0.5) is 13.2 Å². The summed E-state index contributed by atoms with van der Waals surface area (Å²) >= 11 is 0. The first kappa shape index (κ1) is 20.2. The Kier molecular flexibility index (Phi) is 4.54. The molecule has 4 rings (SSSR count). The van der Waals surface area contributed by atoms with Crippen LogP contribution in [0.2, 0.25) is 0 Å². The summed E-state index contributed by atoms with van der Waals surface area (Å²) in [6.07, 6.45) is 0.738. The van der Waals surface area contributed by atoms with Crippen LogP contribution in [0.3, 0.4) is 0 Å². The summed E-state index contributed by atoms with van der Waals surface area (Å²) in [7, 11) is -3.78. The Labute approximate surface area is 169 Å². The molecule has 30 heavy (non-hydrogen) atoms. The van der Waals surface area contributed by atoms with Gasteiger partial charge in [-0.3, -0.25) is 4.98 Å². The fraction of sp³-hybridized carbons (Fsp3) is 0.389. The molecule has 0 atom stereocenters. The van der Waals surface area contributed by atoms with Gasteiger partial charge in [0.05, 0.1) is 22.8 Å². The van der Waals surface area contributed by atoms with E-state index in [1.54, 1.807) is 0 Å². The Balaban J connectivity index is 1.82. The molecule has 156 valence electrons. The summed E-state index contributed by atoms with van der Waals surface area (Å²) in [6, 6.07) is 3.05. The van der Waals surface area contributed by atoms with Gasteiger partial charge in [-0.25, -0.2) is 18.1 Å². The van der Waals surface area contributed by atoms with Crippen molar-refractivity contribution in [3.63, 3.8) is 0 Å². The third-order valence-electron chi connectivity index (χ3n) is 5.05. The van der Waals surface area contributed by atoms with Crippen molar-refractivity contribution >= 4 is 32.5 Å².